The molecule has 0 saturated carbocycles. The van der Waals surface area contributed by atoms with E-state index < -0.39 is 0 Å². The number of fused-ring (bicyclic) bond motifs is 6. The summed E-state index contributed by atoms with van der Waals surface area (Å²) in [6, 6.07) is 30.2. The summed E-state index contributed by atoms with van der Waals surface area (Å²) >= 11 is 0. The van der Waals surface area contributed by atoms with Gasteiger partial charge in [-0.2, -0.15) is 0 Å². The van der Waals surface area contributed by atoms with Gasteiger partial charge >= 0.3 is 0 Å². The summed E-state index contributed by atoms with van der Waals surface area (Å²) in [5.74, 6) is 0. The van der Waals surface area contributed by atoms with Crippen LogP contribution in [0.4, 0.5) is 0 Å². The van der Waals surface area contributed by atoms with Crippen LogP contribution in [0.15, 0.2) is 97.3 Å². The number of benzene rings is 3. The summed E-state index contributed by atoms with van der Waals surface area (Å²) in [5, 5.41) is 4.87. The third-order valence-electron chi connectivity index (χ3n) is 6.02. The van der Waals surface area contributed by atoms with Gasteiger partial charge in [0.2, 0.25) is 0 Å². The SMILES string of the molecule is C1=C2c3ccccc3C3=CN(Cc4ccccc4)CN3N2CN1Cc1ccccc1. The minimum atomic E-state index is 0.870. The van der Waals surface area contributed by atoms with Crippen molar-refractivity contribution in [2.45, 2.75) is 13.1 Å². The highest BCUT2D eigenvalue weighted by atomic mass is 15.7. The Bertz CT molecular complexity index is 1030. The van der Waals surface area contributed by atoms with Crippen LogP contribution in [0.1, 0.15) is 22.3 Å². The fourth-order valence-electron chi connectivity index (χ4n) is 4.64. The maximum atomic E-state index is 2.43. The standard InChI is InChI=1S/C26H24N4/c1-3-9-21(10-4-1)15-27-17-25-23-13-7-8-14-24(23)26-18-28(20-30(26)29(25)19-27)16-22-11-5-2-6-12-22/h1-14,17-18H,15-16,19-20H2. The van der Waals surface area contributed by atoms with Crippen LogP contribution in [-0.2, 0) is 13.1 Å². The molecule has 0 N–H and O–H groups in total. The molecular formula is C26H24N4. The molecule has 3 heterocycles. The van der Waals surface area contributed by atoms with Crippen molar-refractivity contribution in [3.05, 3.63) is 120 Å². The van der Waals surface area contributed by atoms with Crippen LogP contribution in [-0.4, -0.2) is 33.2 Å². The van der Waals surface area contributed by atoms with Crippen LogP contribution in [0.5, 0.6) is 0 Å². The molecular weight excluding hydrogens is 368 g/mol. The number of hydrogen-bond acceptors (Lipinski definition) is 4. The molecule has 3 aliphatic heterocycles. The molecule has 0 spiro atoms. The minimum absolute atomic E-state index is 0.870. The van der Waals surface area contributed by atoms with Gasteiger partial charge in [0, 0.05) is 36.6 Å². The molecule has 3 aliphatic rings. The van der Waals surface area contributed by atoms with E-state index in [4.69, 9.17) is 0 Å². The quantitative estimate of drug-likeness (QED) is 0.634. The van der Waals surface area contributed by atoms with Gasteiger partial charge in [0.15, 0.2) is 0 Å². The monoisotopic (exact) mass is 392 g/mol. The highest BCUT2D eigenvalue weighted by molar-refractivity contribution is 5.83. The molecule has 0 bridgehead atoms. The summed E-state index contributed by atoms with van der Waals surface area (Å²) in [6.45, 7) is 3.58. The molecule has 0 saturated heterocycles. The fourth-order valence-corrected chi connectivity index (χ4v) is 4.64. The van der Waals surface area contributed by atoms with Gasteiger partial charge < -0.3 is 9.80 Å². The van der Waals surface area contributed by atoms with E-state index in [-0.39, 0.29) is 0 Å². The maximum absolute atomic E-state index is 2.43. The Hall–Kier alpha value is -3.66. The number of hydrogen-bond donors (Lipinski definition) is 0. The van der Waals surface area contributed by atoms with Gasteiger partial charge in [-0.3, -0.25) is 10.0 Å². The normalized spacial score (nSPS) is 16.8. The predicted octanol–water partition coefficient (Wildman–Crippen LogP) is 4.76. The highest BCUT2D eigenvalue weighted by Crippen LogP contribution is 2.43. The number of hydrazine groups is 1. The molecule has 0 aliphatic carbocycles. The molecule has 4 heteroatoms. The molecule has 30 heavy (non-hydrogen) atoms. The van der Waals surface area contributed by atoms with Gasteiger partial charge in [-0.05, 0) is 11.1 Å². The maximum Gasteiger partial charge on any atom is 0.110 e. The second-order valence-electron chi connectivity index (χ2n) is 8.12. The number of rotatable bonds is 4. The second kappa shape index (κ2) is 6.99. The first-order valence-electron chi connectivity index (χ1n) is 10.5. The van der Waals surface area contributed by atoms with E-state index in [1.807, 2.05) is 0 Å². The highest BCUT2D eigenvalue weighted by Gasteiger charge is 2.38. The Balaban J connectivity index is 1.31. The fraction of sp³-hybridized carbons (Fsp3) is 0.154. The molecule has 3 aromatic carbocycles. The lowest BCUT2D eigenvalue weighted by atomic mass is 10.00. The van der Waals surface area contributed by atoms with Crippen molar-refractivity contribution in [3.8, 4) is 0 Å². The summed E-state index contributed by atoms with van der Waals surface area (Å²) in [6.07, 6.45) is 4.64. The third-order valence-corrected chi connectivity index (χ3v) is 6.02. The Morgan fingerprint density at radius 2 is 0.900 bits per heavy atom. The van der Waals surface area contributed by atoms with E-state index in [1.165, 1.54) is 33.6 Å². The van der Waals surface area contributed by atoms with Gasteiger partial charge in [-0.25, -0.2) is 0 Å². The summed E-state index contributed by atoms with van der Waals surface area (Å²) < 4.78 is 0. The zero-order valence-electron chi connectivity index (χ0n) is 16.9. The van der Waals surface area contributed by atoms with Crippen molar-refractivity contribution in [2.24, 2.45) is 0 Å². The van der Waals surface area contributed by atoms with Crippen LogP contribution in [0.3, 0.4) is 0 Å². The topological polar surface area (TPSA) is 13.0 Å². The van der Waals surface area contributed by atoms with E-state index in [2.05, 4.69) is 117 Å². The molecule has 0 atom stereocenters. The molecule has 4 nitrogen and oxygen atoms in total. The van der Waals surface area contributed by atoms with Crippen LogP contribution >= 0.6 is 0 Å². The van der Waals surface area contributed by atoms with Crippen molar-refractivity contribution in [1.29, 1.82) is 0 Å². The first-order valence-corrected chi connectivity index (χ1v) is 10.5. The van der Waals surface area contributed by atoms with E-state index >= 15 is 0 Å². The van der Waals surface area contributed by atoms with Gasteiger partial charge in [0.05, 0.1) is 11.4 Å². The average Bonchev–Trinajstić information content (AvgIpc) is 3.40. The zero-order chi connectivity index (χ0) is 19.9. The predicted molar refractivity (Wildman–Crippen MR) is 120 cm³/mol. The van der Waals surface area contributed by atoms with Crippen molar-refractivity contribution in [2.75, 3.05) is 13.3 Å². The molecule has 6 rings (SSSR count). The average molecular weight is 393 g/mol. The van der Waals surface area contributed by atoms with E-state index in [0.29, 0.717) is 0 Å². The largest absolute Gasteiger partial charge is 0.352 e. The van der Waals surface area contributed by atoms with E-state index in [0.717, 1.165) is 26.4 Å². The lowest BCUT2D eigenvalue weighted by Crippen LogP contribution is -2.44. The number of nitrogens with zero attached hydrogens (tertiary/aromatic N) is 4. The Labute approximate surface area is 177 Å². The van der Waals surface area contributed by atoms with Gasteiger partial charge in [0.1, 0.15) is 13.3 Å². The van der Waals surface area contributed by atoms with E-state index in [9.17, 15) is 0 Å². The molecule has 3 aromatic rings. The van der Waals surface area contributed by atoms with Crippen molar-refractivity contribution < 1.29 is 0 Å². The van der Waals surface area contributed by atoms with Gasteiger partial charge in [-0.1, -0.05) is 84.9 Å². The second-order valence-corrected chi connectivity index (χ2v) is 8.12. The molecule has 0 aromatic heterocycles. The zero-order valence-corrected chi connectivity index (χ0v) is 16.9. The lowest BCUT2D eigenvalue weighted by Gasteiger charge is -2.40. The molecule has 0 amide bonds. The Morgan fingerprint density at radius 3 is 1.33 bits per heavy atom. The molecule has 148 valence electrons. The minimum Gasteiger partial charge on any atom is -0.352 e. The van der Waals surface area contributed by atoms with Crippen LogP contribution in [0.2, 0.25) is 0 Å². The van der Waals surface area contributed by atoms with Crippen molar-refractivity contribution in [1.82, 2.24) is 19.8 Å². The van der Waals surface area contributed by atoms with Gasteiger partial charge in [-0.15, -0.1) is 0 Å². The van der Waals surface area contributed by atoms with Crippen LogP contribution in [0, 0.1) is 0 Å². The summed E-state index contributed by atoms with van der Waals surface area (Å²) in [5.41, 5.74) is 7.89. The molecule has 0 unspecified atom stereocenters. The van der Waals surface area contributed by atoms with Gasteiger partial charge in [0.25, 0.3) is 0 Å². The van der Waals surface area contributed by atoms with Crippen LogP contribution < -0.4 is 0 Å². The Morgan fingerprint density at radius 1 is 0.500 bits per heavy atom. The molecule has 0 radical (unpaired) electrons. The lowest BCUT2D eigenvalue weighted by molar-refractivity contribution is 0.0480. The summed E-state index contributed by atoms with van der Waals surface area (Å²) in [4.78, 5) is 4.81. The first-order chi connectivity index (χ1) is 14.8. The summed E-state index contributed by atoms with van der Waals surface area (Å²) in [7, 11) is 0. The van der Waals surface area contributed by atoms with Crippen LogP contribution in [0.25, 0.3) is 11.4 Å². The van der Waals surface area contributed by atoms with Crippen molar-refractivity contribution in [3.63, 3.8) is 0 Å². The van der Waals surface area contributed by atoms with E-state index in [1.54, 1.807) is 0 Å². The first kappa shape index (κ1) is 17.2. The molecule has 0 fully saturated rings. The smallest absolute Gasteiger partial charge is 0.110 e. The third kappa shape index (κ3) is 2.92. The Kier molecular flexibility index (Phi) is 4.01. The van der Waals surface area contributed by atoms with Crippen molar-refractivity contribution >= 4 is 11.4 Å².